The fraction of sp³-hybridized carbons (Fsp3) is 0.257. The molecule has 1 aromatic heterocycles. The summed E-state index contributed by atoms with van der Waals surface area (Å²) >= 11 is 0. The maximum absolute atomic E-state index is 13.1. The summed E-state index contributed by atoms with van der Waals surface area (Å²) in [5.74, 6) is 0.259. The van der Waals surface area contributed by atoms with Gasteiger partial charge in [-0.25, -0.2) is 0 Å². The Balaban J connectivity index is 1.43. The van der Waals surface area contributed by atoms with E-state index >= 15 is 0 Å². The molecule has 0 radical (unpaired) electrons. The predicted octanol–water partition coefficient (Wildman–Crippen LogP) is 4.23. The molecule has 0 unspecified atom stereocenters. The lowest BCUT2D eigenvalue weighted by molar-refractivity contribution is -0.137. The first kappa shape index (κ1) is 30.0. The molecule has 0 bridgehead atoms. The van der Waals surface area contributed by atoms with Gasteiger partial charge in [-0.3, -0.25) is 9.89 Å². The molecule has 0 saturated heterocycles. The number of H-pyrrole nitrogens is 1. The molecular formula is C35H39N5O3. The van der Waals surface area contributed by atoms with Crippen LogP contribution in [0.3, 0.4) is 0 Å². The van der Waals surface area contributed by atoms with Gasteiger partial charge in [0, 0.05) is 31.4 Å². The summed E-state index contributed by atoms with van der Waals surface area (Å²) in [5.41, 5.74) is 10.8. The number of carbonyl (C=O) groups excluding carboxylic acids is 1. The molecule has 43 heavy (non-hydrogen) atoms. The molecule has 0 spiro atoms. The summed E-state index contributed by atoms with van der Waals surface area (Å²) in [6, 6.07) is 34.0. The van der Waals surface area contributed by atoms with Crippen molar-refractivity contribution in [3.8, 4) is 0 Å². The average Bonchev–Trinajstić information content (AvgIpc) is 3.41. The SMILES string of the molecule is CC(=O)N(Cc1ccccc1)[C@H](Cc1ccccc1)[C@H](O)[C@@H](O)[C@@H](Cc1ccccc1)NCc1ccc2[nH]nc(N)c2c1. The van der Waals surface area contributed by atoms with Crippen LogP contribution in [-0.2, 0) is 30.7 Å². The average molecular weight is 578 g/mol. The first-order chi connectivity index (χ1) is 20.9. The highest BCUT2D eigenvalue weighted by Crippen LogP contribution is 2.23. The van der Waals surface area contributed by atoms with Gasteiger partial charge in [-0.1, -0.05) is 97.1 Å². The standard InChI is InChI=1S/C35H39N5O3/c1-24(41)40(23-27-15-9-4-10-16-27)32(21-26-13-7-3-8-14-26)34(43)33(42)31(20-25-11-5-2-6-12-25)37-22-28-17-18-30-29(19-28)35(36)39-38-30/h2-19,31-34,37,42-43H,20-23H2,1H3,(H3,36,38,39)/t31-,32-,33+,34+/m1/s1. The number of carbonyl (C=O) groups is 1. The first-order valence-corrected chi connectivity index (χ1v) is 14.6. The van der Waals surface area contributed by atoms with E-state index in [1.165, 1.54) is 6.92 Å². The third-order valence-corrected chi connectivity index (χ3v) is 7.97. The molecule has 1 amide bonds. The van der Waals surface area contributed by atoms with Crippen LogP contribution in [0.2, 0.25) is 0 Å². The maximum atomic E-state index is 13.1. The largest absolute Gasteiger partial charge is 0.389 e. The van der Waals surface area contributed by atoms with E-state index in [4.69, 9.17) is 5.73 Å². The van der Waals surface area contributed by atoms with Crippen LogP contribution in [0.5, 0.6) is 0 Å². The van der Waals surface area contributed by atoms with Crippen LogP contribution < -0.4 is 11.1 Å². The van der Waals surface area contributed by atoms with Crippen molar-refractivity contribution in [1.82, 2.24) is 20.4 Å². The van der Waals surface area contributed by atoms with E-state index in [1.807, 2.05) is 109 Å². The van der Waals surface area contributed by atoms with Crippen molar-refractivity contribution in [3.63, 3.8) is 0 Å². The second-order valence-corrected chi connectivity index (χ2v) is 11.0. The maximum Gasteiger partial charge on any atom is 0.220 e. The Morgan fingerprint density at radius 3 is 2.00 bits per heavy atom. The number of rotatable bonds is 13. The molecule has 1 heterocycles. The van der Waals surface area contributed by atoms with Crippen molar-refractivity contribution in [1.29, 1.82) is 0 Å². The molecule has 0 aliphatic carbocycles. The molecule has 8 nitrogen and oxygen atoms in total. The molecule has 0 saturated carbocycles. The number of hydrogen-bond acceptors (Lipinski definition) is 6. The number of benzene rings is 4. The van der Waals surface area contributed by atoms with Gasteiger partial charge in [0.05, 0.1) is 17.7 Å². The number of amides is 1. The van der Waals surface area contributed by atoms with Crippen molar-refractivity contribution < 1.29 is 15.0 Å². The zero-order valence-corrected chi connectivity index (χ0v) is 24.3. The molecule has 6 N–H and O–H groups in total. The Hall–Kier alpha value is -4.50. The van der Waals surface area contributed by atoms with Crippen LogP contribution in [0.25, 0.3) is 10.9 Å². The molecule has 5 aromatic rings. The summed E-state index contributed by atoms with van der Waals surface area (Å²) in [4.78, 5) is 14.8. The number of fused-ring (bicyclic) bond motifs is 1. The van der Waals surface area contributed by atoms with Gasteiger partial charge in [0.2, 0.25) is 5.91 Å². The van der Waals surface area contributed by atoms with E-state index in [-0.39, 0.29) is 5.91 Å². The third kappa shape index (κ3) is 7.67. The number of nitrogens with zero attached hydrogens (tertiary/aromatic N) is 2. The van der Waals surface area contributed by atoms with E-state index < -0.39 is 24.3 Å². The molecule has 4 atom stereocenters. The second kappa shape index (κ2) is 14.1. The van der Waals surface area contributed by atoms with Crippen molar-refractivity contribution >= 4 is 22.6 Å². The Bertz CT molecular complexity index is 1590. The van der Waals surface area contributed by atoms with E-state index in [1.54, 1.807) is 4.90 Å². The van der Waals surface area contributed by atoms with E-state index in [0.29, 0.717) is 31.7 Å². The summed E-state index contributed by atoms with van der Waals surface area (Å²) in [7, 11) is 0. The number of anilines is 1. The van der Waals surface area contributed by atoms with Gasteiger partial charge in [-0.15, -0.1) is 0 Å². The molecule has 8 heteroatoms. The summed E-state index contributed by atoms with van der Waals surface area (Å²) < 4.78 is 0. The molecule has 0 fully saturated rings. The fourth-order valence-electron chi connectivity index (χ4n) is 5.60. The minimum Gasteiger partial charge on any atom is -0.389 e. The summed E-state index contributed by atoms with van der Waals surface area (Å²) in [5, 5.41) is 35.1. The second-order valence-electron chi connectivity index (χ2n) is 11.0. The molecule has 5 rings (SSSR count). The Morgan fingerprint density at radius 2 is 1.40 bits per heavy atom. The lowest BCUT2D eigenvalue weighted by atomic mass is 9.89. The minimum absolute atomic E-state index is 0.172. The van der Waals surface area contributed by atoms with E-state index in [9.17, 15) is 15.0 Å². The van der Waals surface area contributed by atoms with Gasteiger partial charge in [0.15, 0.2) is 5.82 Å². The lowest BCUT2D eigenvalue weighted by Crippen LogP contribution is -2.57. The van der Waals surface area contributed by atoms with Gasteiger partial charge in [-0.05, 0) is 47.2 Å². The predicted molar refractivity (Wildman–Crippen MR) is 170 cm³/mol. The zero-order chi connectivity index (χ0) is 30.2. The Kier molecular flexibility index (Phi) is 9.84. The quantitative estimate of drug-likeness (QED) is 0.143. The molecule has 0 aliphatic heterocycles. The Labute approximate surface area is 252 Å². The van der Waals surface area contributed by atoms with Gasteiger partial charge in [0.25, 0.3) is 0 Å². The van der Waals surface area contributed by atoms with Crippen molar-refractivity contribution in [2.24, 2.45) is 0 Å². The molecule has 0 aliphatic rings. The topological polar surface area (TPSA) is 128 Å². The number of aliphatic hydroxyl groups excluding tert-OH is 2. The van der Waals surface area contributed by atoms with Crippen LogP contribution in [0.15, 0.2) is 109 Å². The first-order valence-electron chi connectivity index (χ1n) is 14.6. The number of nitrogens with two attached hydrogens (primary N) is 1. The summed E-state index contributed by atoms with van der Waals surface area (Å²) in [6.45, 7) is 2.27. The molecular weight excluding hydrogens is 538 g/mol. The van der Waals surface area contributed by atoms with Crippen molar-refractivity contribution in [2.75, 3.05) is 5.73 Å². The van der Waals surface area contributed by atoms with Gasteiger partial charge in [0.1, 0.15) is 6.10 Å². The van der Waals surface area contributed by atoms with Crippen LogP contribution >= 0.6 is 0 Å². The van der Waals surface area contributed by atoms with Crippen molar-refractivity contribution in [3.05, 3.63) is 131 Å². The van der Waals surface area contributed by atoms with Crippen LogP contribution in [0, 0.1) is 0 Å². The number of nitrogen functional groups attached to an aromatic ring is 1. The highest BCUT2D eigenvalue weighted by molar-refractivity contribution is 5.89. The highest BCUT2D eigenvalue weighted by Gasteiger charge is 2.36. The molecule has 222 valence electrons. The number of nitrogens with one attached hydrogen (secondary N) is 2. The van der Waals surface area contributed by atoms with Crippen LogP contribution in [0.4, 0.5) is 5.82 Å². The van der Waals surface area contributed by atoms with Crippen LogP contribution in [0.1, 0.15) is 29.2 Å². The summed E-state index contributed by atoms with van der Waals surface area (Å²) in [6.07, 6.45) is -1.55. The van der Waals surface area contributed by atoms with Gasteiger partial charge >= 0.3 is 0 Å². The van der Waals surface area contributed by atoms with Crippen molar-refractivity contribution in [2.45, 2.75) is 57.1 Å². The number of hydrogen-bond donors (Lipinski definition) is 5. The lowest BCUT2D eigenvalue weighted by Gasteiger charge is -2.39. The zero-order valence-electron chi connectivity index (χ0n) is 24.3. The number of aromatic amines is 1. The van der Waals surface area contributed by atoms with E-state index in [0.717, 1.165) is 33.2 Å². The normalized spacial score (nSPS) is 14.2. The van der Waals surface area contributed by atoms with Gasteiger partial charge < -0.3 is 26.2 Å². The highest BCUT2D eigenvalue weighted by atomic mass is 16.3. The molecule has 4 aromatic carbocycles. The third-order valence-electron chi connectivity index (χ3n) is 7.97. The number of aliphatic hydroxyl groups is 2. The minimum atomic E-state index is -1.24. The fourth-order valence-corrected chi connectivity index (χ4v) is 5.60. The smallest absolute Gasteiger partial charge is 0.220 e. The Morgan fingerprint density at radius 1 is 0.814 bits per heavy atom. The van der Waals surface area contributed by atoms with Gasteiger partial charge in [-0.2, -0.15) is 5.10 Å². The van der Waals surface area contributed by atoms with Crippen LogP contribution in [-0.4, -0.2) is 55.5 Å². The monoisotopic (exact) mass is 577 g/mol. The number of aromatic nitrogens is 2. The van der Waals surface area contributed by atoms with E-state index in [2.05, 4.69) is 15.5 Å².